The Morgan fingerprint density at radius 2 is 2.00 bits per heavy atom. The summed E-state index contributed by atoms with van der Waals surface area (Å²) in [6.45, 7) is 7.45. The summed E-state index contributed by atoms with van der Waals surface area (Å²) in [5.74, 6) is 0.500. The topological polar surface area (TPSA) is 70.6 Å². The van der Waals surface area contributed by atoms with Crippen LogP contribution in [-0.2, 0) is 4.74 Å². The van der Waals surface area contributed by atoms with Crippen molar-refractivity contribution in [3.63, 3.8) is 0 Å². The Labute approximate surface area is 91.2 Å². The van der Waals surface area contributed by atoms with Crippen LogP contribution in [0.2, 0.25) is 0 Å². The number of urea groups is 1. The molecular weight excluding hydrogens is 196 g/mol. The zero-order chi connectivity index (χ0) is 11.7. The number of carbonyl (C=O) groups is 1. The second-order valence-electron chi connectivity index (χ2n) is 3.96. The number of nitrogens with one attached hydrogen (secondary N) is 2. The van der Waals surface area contributed by atoms with Crippen molar-refractivity contribution >= 4 is 6.03 Å². The maximum absolute atomic E-state index is 11.1. The lowest BCUT2D eigenvalue weighted by Crippen LogP contribution is -2.43. The zero-order valence-electron chi connectivity index (χ0n) is 9.75. The highest BCUT2D eigenvalue weighted by atomic mass is 16.5. The minimum Gasteiger partial charge on any atom is -0.395 e. The summed E-state index contributed by atoms with van der Waals surface area (Å²) in [4.78, 5) is 11.1. The van der Waals surface area contributed by atoms with Crippen LogP contribution in [-0.4, -0.2) is 43.5 Å². The number of amides is 2. The molecule has 15 heavy (non-hydrogen) atoms. The summed E-state index contributed by atoms with van der Waals surface area (Å²) >= 11 is 0. The Bertz CT molecular complexity index is 174. The minimum atomic E-state index is -0.273. The van der Waals surface area contributed by atoms with Crippen molar-refractivity contribution in [3.05, 3.63) is 0 Å². The lowest BCUT2D eigenvalue weighted by Gasteiger charge is -2.15. The number of rotatable bonds is 7. The molecule has 0 aromatic heterocycles. The van der Waals surface area contributed by atoms with Gasteiger partial charge in [0.25, 0.3) is 0 Å². The first kappa shape index (κ1) is 14.2. The third-order valence-electron chi connectivity index (χ3n) is 1.59. The van der Waals surface area contributed by atoms with E-state index in [0.717, 1.165) is 0 Å². The van der Waals surface area contributed by atoms with E-state index in [0.29, 0.717) is 19.1 Å². The Hall–Kier alpha value is -0.810. The Morgan fingerprint density at radius 1 is 1.33 bits per heavy atom. The molecule has 5 heteroatoms. The van der Waals surface area contributed by atoms with Gasteiger partial charge in [0.1, 0.15) is 0 Å². The molecule has 0 fully saturated rings. The molecule has 1 unspecified atom stereocenters. The van der Waals surface area contributed by atoms with E-state index in [-0.39, 0.29) is 25.2 Å². The van der Waals surface area contributed by atoms with Crippen molar-refractivity contribution in [2.45, 2.75) is 26.8 Å². The molecular formula is C10H22N2O3. The fourth-order valence-electron chi connectivity index (χ4n) is 0.966. The molecule has 0 aliphatic carbocycles. The van der Waals surface area contributed by atoms with E-state index in [4.69, 9.17) is 9.84 Å². The standard InChI is InChI=1S/C10H22N2O3/c1-8(2)6-15-7-9(3)12-10(14)11-4-5-13/h8-9,13H,4-7H2,1-3H3,(H2,11,12,14). The second-order valence-corrected chi connectivity index (χ2v) is 3.96. The van der Waals surface area contributed by atoms with E-state index >= 15 is 0 Å². The van der Waals surface area contributed by atoms with Gasteiger partial charge in [-0.2, -0.15) is 0 Å². The second kappa shape index (κ2) is 8.49. The van der Waals surface area contributed by atoms with Crippen LogP contribution < -0.4 is 10.6 Å². The van der Waals surface area contributed by atoms with Gasteiger partial charge in [-0.05, 0) is 12.8 Å². The minimum absolute atomic E-state index is 0.0255. The third-order valence-corrected chi connectivity index (χ3v) is 1.59. The van der Waals surface area contributed by atoms with Gasteiger partial charge < -0.3 is 20.5 Å². The number of aliphatic hydroxyl groups excluding tert-OH is 1. The Morgan fingerprint density at radius 3 is 2.53 bits per heavy atom. The Balaban J connectivity index is 3.46. The van der Waals surface area contributed by atoms with Gasteiger partial charge in [0.15, 0.2) is 0 Å². The predicted octanol–water partition coefficient (Wildman–Crippen LogP) is 0.339. The summed E-state index contributed by atoms with van der Waals surface area (Å²) < 4.78 is 5.37. The van der Waals surface area contributed by atoms with E-state index in [1.807, 2.05) is 6.92 Å². The van der Waals surface area contributed by atoms with Gasteiger partial charge in [0.2, 0.25) is 0 Å². The van der Waals surface area contributed by atoms with Crippen molar-refractivity contribution in [2.75, 3.05) is 26.4 Å². The summed E-state index contributed by atoms with van der Waals surface area (Å²) in [5, 5.41) is 13.7. The van der Waals surface area contributed by atoms with Crippen molar-refractivity contribution < 1.29 is 14.6 Å². The molecule has 0 aromatic carbocycles. The highest BCUT2D eigenvalue weighted by Crippen LogP contribution is 1.93. The molecule has 0 aromatic rings. The van der Waals surface area contributed by atoms with Crippen molar-refractivity contribution in [1.82, 2.24) is 10.6 Å². The average Bonchev–Trinajstić information content (AvgIpc) is 2.14. The number of hydrogen-bond donors (Lipinski definition) is 3. The molecule has 90 valence electrons. The molecule has 0 saturated carbocycles. The first-order chi connectivity index (χ1) is 7.06. The molecule has 2 amide bonds. The fraction of sp³-hybridized carbons (Fsp3) is 0.900. The van der Waals surface area contributed by atoms with Gasteiger partial charge in [-0.25, -0.2) is 4.79 Å². The molecule has 0 saturated heterocycles. The summed E-state index contributed by atoms with van der Waals surface area (Å²) in [6.07, 6.45) is 0. The van der Waals surface area contributed by atoms with Crippen molar-refractivity contribution in [1.29, 1.82) is 0 Å². The van der Waals surface area contributed by atoms with E-state index in [9.17, 15) is 4.79 Å². The smallest absolute Gasteiger partial charge is 0.315 e. The van der Waals surface area contributed by atoms with Gasteiger partial charge >= 0.3 is 6.03 Å². The lowest BCUT2D eigenvalue weighted by atomic mass is 10.2. The molecule has 1 atom stereocenters. The number of aliphatic hydroxyl groups is 1. The molecule has 0 rings (SSSR count). The molecule has 0 spiro atoms. The van der Waals surface area contributed by atoms with Crippen LogP contribution in [0.3, 0.4) is 0 Å². The molecule has 0 radical (unpaired) electrons. The van der Waals surface area contributed by atoms with Crippen molar-refractivity contribution in [2.24, 2.45) is 5.92 Å². The average molecular weight is 218 g/mol. The highest BCUT2D eigenvalue weighted by molar-refractivity contribution is 5.74. The highest BCUT2D eigenvalue weighted by Gasteiger charge is 2.06. The lowest BCUT2D eigenvalue weighted by molar-refractivity contribution is 0.0953. The largest absolute Gasteiger partial charge is 0.395 e. The molecule has 0 aliphatic rings. The molecule has 0 bridgehead atoms. The van der Waals surface area contributed by atoms with Crippen LogP contribution >= 0.6 is 0 Å². The van der Waals surface area contributed by atoms with Crippen LogP contribution in [0.4, 0.5) is 4.79 Å². The van der Waals surface area contributed by atoms with E-state index in [2.05, 4.69) is 24.5 Å². The van der Waals surface area contributed by atoms with Crippen LogP contribution in [0.15, 0.2) is 0 Å². The number of hydrogen-bond acceptors (Lipinski definition) is 3. The predicted molar refractivity (Wildman–Crippen MR) is 58.7 cm³/mol. The van der Waals surface area contributed by atoms with Gasteiger partial charge in [0.05, 0.1) is 19.3 Å². The van der Waals surface area contributed by atoms with Gasteiger partial charge in [-0.15, -0.1) is 0 Å². The van der Waals surface area contributed by atoms with Gasteiger partial charge in [-0.3, -0.25) is 0 Å². The fourth-order valence-corrected chi connectivity index (χ4v) is 0.966. The first-order valence-electron chi connectivity index (χ1n) is 5.29. The molecule has 5 nitrogen and oxygen atoms in total. The Kier molecular flexibility index (Phi) is 8.04. The van der Waals surface area contributed by atoms with Gasteiger partial charge in [-0.1, -0.05) is 13.8 Å². The third kappa shape index (κ3) is 9.49. The maximum atomic E-state index is 11.1. The normalized spacial score (nSPS) is 12.6. The quantitative estimate of drug-likeness (QED) is 0.577. The van der Waals surface area contributed by atoms with Crippen LogP contribution in [0.1, 0.15) is 20.8 Å². The van der Waals surface area contributed by atoms with E-state index in [1.54, 1.807) is 0 Å². The monoisotopic (exact) mass is 218 g/mol. The van der Waals surface area contributed by atoms with E-state index in [1.165, 1.54) is 0 Å². The van der Waals surface area contributed by atoms with Crippen LogP contribution in [0.5, 0.6) is 0 Å². The number of carbonyl (C=O) groups excluding carboxylic acids is 1. The van der Waals surface area contributed by atoms with Crippen LogP contribution in [0, 0.1) is 5.92 Å². The summed E-state index contributed by atoms with van der Waals surface area (Å²) in [6, 6.07) is -0.299. The molecule has 3 N–H and O–H groups in total. The SMILES string of the molecule is CC(C)COCC(C)NC(=O)NCCO. The summed E-state index contributed by atoms with van der Waals surface area (Å²) in [5.41, 5.74) is 0. The van der Waals surface area contributed by atoms with E-state index < -0.39 is 0 Å². The molecule has 0 heterocycles. The van der Waals surface area contributed by atoms with Crippen molar-refractivity contribution in [3.8, 4) is 0 Å². The zero-order valence-corrected chi connectivity index (χ0v) is 9.75. The van der Waals surface area contributed by atoms with Gasteiger partial charge in [0, 0.05) is 13.2 Å². The number of ether oxygens (including phenoxy) is 1. The molecule has 0 aliphatic heterocycles. The maximum Gasteiger partial charge on any atom is 0.315 e. The summed E-state index contributed by atoms with van der Waals surface area (Å²) in [7, 11) is 0. The first-order valence-corrected chi connectivity index (χ1v) is 5.29. The van der Waals surface area contributed by atoms with Crippen LogP contribution in [0.25, 0.3) is 0 Å².